The molecule has 1 aromatic carbocycles. The monoisotopic (exact) mass is 262 g/mol. The van der Waals surface area contributed by atoms with Crippen molar-refractivity contribution in [2.24, 2.45) is 0 Å². The van der Waals surface area contributed by atoms with E-state index in [1.807, 2.05) is 6.07 Å². The molecule has 3 heteroatoms. The fraction of sp³-hybridized carbons (Fsp3) is 0.625. The molecule has 1 aromatic rings. The molecule has 0 atom stereocenters. The van der Waals surface area contributed by atoms with Gasteiger partial charge in [0.15, 0.2) is 0 Å². The first kappa shape index (κ1) is 14.2. The van der Waals surface area contributed by atoms with Crippen LogP contribution in [0.15, 0.2) is 18.2 Å². The maximum atomic E-state index is 5.30. The Morgan fingerprint density at radius 2 is 1.95 bits per heavy atom. The minimum absolute atomic E-state index is 0.584. The summed E-state index contributed by atoms with van der Waals surface area (Å²) in [6.07, 6.45) is 2.43. The molecule has 0 aromatic heterocycles. The molecular formula is C16H26N2O. The molecule has 0 bridgehead atoms. The van der Waals surface area contributed by atoms with Crippen molar-refractivity contribution in [1.29, 1.82) is 0 Å². The highest BCUT2D eigenvalue weighted by atomic mass is 16.5. The predicted molar refractivity (Wildman–Crippen MR) is 81.1 cm³/mol. The lowest BCUT2D eigenvalue weighted by Crippen LogP contribution is -2.42. The maximum absolute atomic E-state index is 5.30. The van der Waals surface area contributed by atoms with E-state index in [0.29, 0.717) is 12.1 Å². The number of nitrogens with zero attached hydrogens (tertiary/aromatic N) is 1. The third-order valence-corrected chi connectivity index (χ3v) is 4.06. The Kier molecular flexibility index (Phi) is 4.70. The van der Waals surface area contributed by atoms with E-state index < -0.39 is 0 Å². The fourth-order valence-electron chi connectivity index (χ4n) is 2.66. The number of aryl methyl sites for hydroxylation is 1. The summed E-state index contributed by atoms with van der Waals surface area (Å²) in [6.45, 7) is 9.08. The second-order valence-corrected chi connectivity index (χ2v) is 5.73. The number of benzene rings is 1. The molecule has 0 saturated carbocycles. The molecule has 1 aliphatic rings. The highest BCUT2D eigenvalue weighted by Gasteiger charge is 2.20. The Morgan fingerprint density at radius 1 is 1.26 bits per heavy atom. The van der Waals surface area contributed by atoms with E-state index in [0.717, 1.165) is 5.75 Å². The molecule has 0 aliphatic carbocycles. The summed E-state index contributed by atoms with van der Waals surface area (Å²) in [5, 5.41) is 3.68. The van der Waals surface area contributed by atoms with E-state index in [-0.39, 0.29) is 0 Å². The molecular weight excluding hydrogens is 236 g/mol. The first-order valence-corrected chi connectivity index (χ1v) is 7.25. The first-order chi connectivity index (χ1) is 9.10. The SMILES string of the molecule is COc1ccc(C)c(NC2CCN(C(C)C)CC2)c1. The van der Waals surface area contributed by atoms with Crippen molar-refractivity contribution in [2.45, 2.75) is 45.7 Å². The van der Waals surface area contributed by atoms with E-state index in [4.69, 9.17) is 4.74 Å². The molecule has 0 radical (unpaired) electrons. The molecule has 19 heavy (non-hydrogen) atoms. The van der Waals surface area contributed by atoms with Crippen molar-refractivity contribution >= 4 is 5.69 Å². The summed E-state index contributed by atoms with van der Waals surface area (Å²) in [6, 6.07) is 7.48. The van der Waals surface area contributed by atoms with Crippen molar-refractivity contribution in [3.05, 3.63) is 23.8 Å². The van der Waals surface area contributed by atoms with Crippen LogP contribution in [0.4, 0.5) is 5.69 Å². The second-order valence-electron chi connectivity index (χ2n) is 5.73. The molecule has 0 amide bonds. The number of anilines is 1. The maximum Gasteiger partial charge on any atom is 0.120 e. The summed E-state index contributed by atoms with van der Waals surface area (Å²) in [5.41, 5.74) is 2.49. The molecule has 1 saturated heterocycles. The molecule has 0 spiro atoms. The van der Waals surface area contributed by atoms with Gasteiger partial charge in [-0.1, -0.05) is 6.07 Å². The highest BCUT2D eigenvalue weighted by molar-refractivity contribution is 5.55. The van der Waals surface area contributed by atoms with Gasteiger partial charge in [0, 0.05) is 36.9 Å². The summed E-state index contributed by atoms with van der Waals surface area (Å²) in [4.78, 5) is 2.55. The van der Waals surface area contributed by atoms with Gasteiger partial charge in [0.25, 0.3) is 0 Å². The quantitative estimate of drug-likeness (QED) is 0.901. The van der Waals surface area contributed by atoms with Crippen LogP contribution in [0.25, 0.3) is 0 Å². The van der Waals surface area contributed by atoms with Gasteiger partial charge in [-0.05, 0) is 45.2 Å². The zero-order valence-corrected chi connectivity index (χ0v) is 12.6. The number of piperidine rings is 1. The number of hydrogen-bond donors (Lipinski definition) is 1. The van der Waals surface area contributed by atoms with Crippen molar-refractivity contribution in [1.82, 2.24) is 4.90 Å². The standard InChI is InChI=1S/C16H26N2O/c1-12(2)18-9-7-14(8-10-18)17-16-11-15(19-4)6-5-13(16)3/h5-6,11-12,14,17H,7-10H2,1-4H3. The lowest BCUT2D eigenvalue weighted by molar-refractivity contribution is 0.177. The zero-order valence-electron chi connectivity index (χ0n) is 12.6. The topological polar surface area (TPSA) is 24.5 Å². The number of hydrogen-bond acceptors (Lipinski definition) is 3. The van der Waals surface area contributed by atoms with Crippen LogP contribution in [0.2, 0.25) is 0 Å². The Morgan fingerprint density at radius 3 is 2.53 bits per heavy atom. The lowest BCUT2D eigenvalue weighted by atomic mass is 10.0. The Bertz CT molecular complexity index is 409. The Hall–Kier alpha value is -1.22. The summed E-state index contributed by atoms with van der Waals surface area (Å²) >= 11 is 0. The van der Waals surface area contributed by atoms with E-state index in [1.54, 1.807) is 7.11 Å². The number of ether oxygens (including phenoxy) is 1. The van der Waals surface area contributed by atoms with E-state index in [1.165, 1.54) is 37.2 Å². The fourth-order valence-corrected chi connectivity index (χ4v) is 2.66. The largest absolute Gasteiger partial charge is 0.497 e. The van der Waals surface area contributed by atoms with E-state index in [2.05, 4.69) is 43.1 Å². The Balaban J connectivity index is 1.95. The molecule has 106 valence electrons. The minimum Gasteiger partial charge on any atom is -0.497 e. The summed E-state index contributed by atoms with van der Waals surface area (Å²) < 4.78 is 5.30. The summed E-state index contributed by atoms with van der Waals surface area (Å²) in [7, 11) is 1.72. The summed E-state index contributed by atoms with van der Waals surface area (Å²) in [5.74, 6) is 0.924. The molecule has 1 N–H and O–H groups in total. The van der Waals surface area contributed by atoms with Gasteiger partial charge in [0.2, 0.25) is 0 Å². The molecule has 3 nitrogen and oxygen atoms in total. The van der Waals surface area contributed by atoms with Crippen LogP contribution >= 0.6 is 0 Å². The van der Waals surface area contributed by atoms with Crippen molar-refractivity contribution in [3.63, 3.8) is 0 Å². The zero-order chi connectivity index (χ0) is 13.8. The van der Waals surface area contributed by atoms with Crippen molar-refractivity contribution in [3.8, 4) is 5.75 Å². The molecule has 0 unspecified atom stereocenters. The van der Waals surface area contributed by atoms with E-state index >= 15 is 0 Å². The lowest BCUT2D eigenvalue weighted by Gasteiger charge is -2.35. The van der Waals surface area contributed by atoms with Gasteiger partial charge in [0.1, 0.15) is 5.75 Å². The van der Waals surface area contributed by atoms with Gasteiger partial charge < -0.3 is 15.0 Å². The van der Waals surface area contributed by atoms with Crippen LogP contribution in [0, 0.1) is 6.92 Å². The smallest absolute Gasteiger partial charge is 0.120 e. The van der Waals surface area contributed by atoms with Crippen LogP contribution in [0.1, 0.15) is 32.3 Å². The van der Waals surface area contributed by atoms with Gasteiger partial charge in [-0.15, -0.1) is 0 Å². The first-order valence-electron chi connectivity index (χ1n) is 7.25. The average molecular weight is 262 g/mol. The second kappa shape index (κ2) is 6.29. The Labute approximate surface area is 116 Å². The van der Waals surface area contributed by atoms with Gasteiger partial charge in [0.05, 0.1) is 7.11 Å². The highest BCUT2D eigenvalue weighted by Crippen LogP contribution is 2.24. The minimum atomic E-state index is 0.584. The van der Waals surface area contributed by atoms with Gasteiger partial charge in [-0.25, -0.2) is 0 Å². The third-order valence-electron chi connectivity index (χ3n) is 4.06. The predicted octanol–water partition coefficient (Wildman–Crippen LogP) is 3.29. The molecule has 1 heterocycles. The van der Waals surface area contributed by atoms with Crippen LogP contribution < -0.4 is 10.1 Å². The number of methoxy groups -OCH3 is 1. The average Bonchev–Trinajstić information content (AvgIpc) is 2.42. The number of likely N-dealkylation sites (tertiary alicyclic amines) is 1. The van der Waals surface area contributed by atoms with Gasteiger partial charge in [-0.3, -0.25) is 0 Å². The van der Waals surface area contributed by atoms with Crippen LogP contribution in [0.5, 0.6) is 5.75 Å². The van der Waals surface area contributed by atoms with Crippen LogP contribution in [-0.2, 0) is 0 Å². The number of nitrogens with one attached hydrogen (secondary N) is 1. The molecule has 2 rings (SSSR count). The number of rotatable bonds is 4. The van der Waals surface area contributed by atoms with Crippen molar-refractivity contribution < 1.29 is 4.74 Å². The van der Waals surface area contributed by atoms with Crippen molar-refractivity contribution in [2.75, 3.05) is 25.5 Å². The van der Waals surface area contributed by atoms with E-state index in [9.17, 15) is 0 Å². The molecule has 1 aliphatic heterocycles. The van der Waals surface area contributed by atoms with Gasteiger partial charge >= 0.3 is 0 Å². The van der Waals surface area contributed by atoms with Crippen LogP contribution in [-0.4, -0.2) is 37.2 Å². The third kappa shape index (κ3) is 3.63. The normalized spacial score (nSPS) is 17.7. The van der Waals surface area contributed by atoms with Crippen LogP contribution in [0.3, 0.4) is 0 Å². The molecule has 1 fully saturated rings. The van der Waals surface area contributed by atoms with Gasteiger partial charge in [-0.2, -0.15) is 0 Å².